The van der Waals surface area contributed by atoms with Gasteiger partial charge >= 0.3 is 12.2 Å². The Morgan fingerprint density at radius 1 is 1.03 bits per heavy atom. The maximum atomic E-state index is 13.0. The topological polar surface area (TPSA) is 86.4 Å². The van der Waals surface area contributed by atoms with Crippen LogP contribution in [0.1, 0.15) is 15.9 Å². The van der Waals surface area contributed by atoms with Gasteiger partial charge in [-0.1, -0.05) is 29.4 Å². The highest BCUT2D eigenvalue weighted by Crippen LogP contribution is 2.36. The highest BCUT2D eigenvalue weighted by Gasteiger charge is 2.33. The number of rotatable bonds is 8. The molecule has 1 heterocycles. The molecule has 0 bridgehead atoms. The van der Waals surface area contributed by atoms with E-state index >= 15 is 0 Å². The van der Waals surface area contributed by atoms with Gasteiger partial charge in [-0.25, -0.2) is 9.78 Å². The smallest absolute Gasteiger partial charge is 0.351 e. The number of carbonyl (C=O) groups excluding carboxylic acids is 2. The lowest BCUT2D eigenvalue weighted by Gasteiger charge is -2.13. The molecule has 0 saturated heterocycles. The average molecular weight is 538 g/mol. The molecule has 36 heavy (non-hydrogen) atoms. The summed E-state index contributed by atoms with van der Waals surface area (Å²) in [6, 6.07) is 12.5. The third-order valence-corrected chi connectivity index (χ3v) is 5.94. The zero-order valence-corrected chi connectivity index (χ0v) is 20.9. The Labute approximate surface area is 215 Å². The number of nitrogens with one attached hydrogen (secondary N) is 3. The van der Waals surface area contributed by atoms with Crippen LogP contribution in [0.2, 0.25) is 5.02 Å². The van der Waals surface area contributed by atoms with Crippen molar-refractivity contribution in [3.63, 3.8) is 0 Å². The van der Waals surface area contributed by atoms with Crippen LogP contribution in [0, 0.1) is 0 Å². The molecule has 0 fully saturated rings. The molecule has 3 amide bonds. The molecule has 12 heteroatoms. The number of aromatic nitrogens is 1. The summed E-state index contributed by atoms with van der Waals surface area (Å²) in [6.45, 7) is 1.23. The normalized spacial score (nSPS) is 11.3. The van der Waals surface area contributed by atoms with E-state index in [2.05, 4.69) is 20.9 Å². The second kappa shape index (κ2) is 12.1. The Kier molecular flexibility index (Phi) is 9.19. The summed E-state index contributed by atoms with van der Waals surface area (Å²) in [5.74, 6) is -0.205. The first-order valence-electron chi connectivity index (χ1n) is 10.6. The van der Waals surface area contributed by atoms with Crippen molar-refractivity contribution in [2.75, 3.05) is 37.8 Å². The van der Waals surface area contributed by atoms with Crippen molar-refractivity contribution in [1.82, 2.24) is 15.2 Å². The lowest BCUT2D eigenvalue weighted by molar-refractivity contribution is -0.137. The predicted molar refractivity (Wildman–Crippen MR) is 135 cm³/mol. The Balaban J connectivity index is 1.63. The number of likely N-dealkylation sites (N-methyl/N-ethyl adjacent to an activating group) is 1. The van der Waals surface area contributed by atoms with Crippen LogP contribution in [0.5, 0.6) is 0 Å². The van der Waals surface area contributed by atoms with E-state index < -0.39 is 22.8 Å². The van der Waals surface area contributed by atoms with Crippen LogP contribution < -0.4 is 16.0 Å². The molecule has 0 saturated carbocycles. The van der Waals surface area contributed by atoms with Crippen molar-refractivity contribution in [3.05, 3.63) is 76.9 Å². The Bertz CT molecular complexity index is 1240. The van der Waals surface area contributed by atoms with E-state index in [1.165, 1.54) is 17.8 Å². The molecule has 0 spiro atoms. The van der Waals surface area contributed by atoms with E-state index in [-0.39, 0.29) is 11.6 Å². The minimum Gasteiger partial charge on any atom is -0.351 e. The molecule has 3 rings (SSSR count). The van der Waals surface area contributed by atoms with Gasteiger partial charge in [-0.3, -0.25) is 4.79 Å². The zero-order valence-electron chi connectivity index (χ0n) is 19.3. The van der Waals surface area contributed by atoms with Crippen molar-refractivity contribution in [1.29, 1.82) is 0 Å². The van der Waals surface area contributed by atoms with E-state index in [0.29, 0.717) is 29.4 Å². The fraction of sp³-hybridized carbons (Fsp3) is 0.208. The minimum absolute atomic E-state index is 0.0559. The van der Waals surface area contributed by atoms with E-state index in [9.17, 15) is 22.8 Å². The van der Waals surface area contributed by atoms with Crippen molar-refractivity contribution in [2.24, 2.45) is 0 Å². The Morgan fingerprint density at radius 2 is 1.75 bits per heavy atom. The number of urea groups is 1. The summed E-state index contributed by atoms with van der Waals surface area (Å²) in [4.78, 5) is 31.7. The third kappa shape index (κ3) is 8.14. The Morgan fingerprint density at radius 3 is 2.44 bits per heavy atom. The molecule has 1 aromatic heterocycles. The van der Waals surface area contributed by atoms with Gasteiger partial charge in [0.2, 0.25) is 0 Å². The Hall–Kier alpha value is -3.28. The first-order valence-corrected chi connectivity index (χ1v) is 11.8. The molecule has 0 unspecified atom stereocenters. The number of anilines is 2. The number of pyridine rings is 1. The molecular formula is C24H23ClF3N5O2S. The van der Waals surface area contributed by atoms with Gasteiger partial charge in [0.25, 0.3) is 5.91 Å². The number of amides is 3. The van der Waals surface area contributed by atoms with Gasteiger partial charge in [0.15, 0.2) is 0 Å². The molecule has 3 aromatic rings. The monoisotopic (exact) mass is 537 g/mol. The van der Waals surface area contributed by atoms with Gasteiger partial charge in [-0.2, -0.15) is 13.2 Å². The summed E-state index contributed by atoms with van der Waals surface area (Å²) >= 11 is 6.90. The summed E-state index contributed by atoms with van der Waals surface area (Å²) in [7, 11) is 3.84. The number of nitrogens with zero attached hydrogens (tertiary/aromatic N) is 2. The van der Waals surface area contributed by atoms with E-state index in [1.807, 2.05) is 19.0 Å². The van der Waals surface area contributed by atoms with E-state index in [4.69, 9.17) is 11.6 Å². The first kappa shape index (κ1) is 27.3. The van der Waals surface area contributed by atoms with Crippen LogP contribution in [-0.4, -0.2) is 49.0 Å². The van der Waals surface area contributed by atoms with Gasteiger partial charge in [-0.05, 0) is 62.6 Å². The molecule has 190 valence electrons. The molecule has 2 aromatic carbocycles. The van der Waals surface area contributed by atoms with Crippen LogP contribution in [0.15, 0.2) is 70.7 Å². The maximum Gasteiger partial charge on any atom is 0.417 e. The minimum atomic E-state index is -4.64. The molecule has 0 atom stereocenters. The summed E-state index contributed by atoms with van der Waals surface area (Å²) < 4.78 is 39.1. The van der Waals surface area contributed by atoms with Crippen LogP contribution >= 0.6 is 23.4 Å². The van der Waals surface area contributed by atoms with Crippen LogP contribution in [0.4, 0.5) is 29.3 Å². The van der Waals surface area contributed by atoms with Crippen LogP contribution in [-0.2, 0) is 6.18 Å². The number of halogens is 4. The van der Waals surface area contributed by atoms with Gasteiger partial charge in [0.1, 0.15) is 5.03 Å². The van der Waals surface area contributed by atoms with Gasteiger partial charge in [0.05, 0.1) is 10.6 Å². The molecule has 0 aliphatic carbocycles. The van der Waals surface area contributed by atoms with E-state index in [1.54, 1.807) is 42.6 Å². The van der Waals surface area contributed by atoms with Crippen molar-refractivity contribution in [2.45, 2.75) is 16.1 Å². The second-order valence-electron chi connectivity index (χ2n) is 7.84. The summed E-state index contributed by atoms with van der Waals surface area (Å²) in [6.07, 6.45) is -3.10. The fourth-order valence-electron chi connectivity index (χ4n) is 2.97. The average Bonchev–Trinajstić information content (AvgIpc) is 2.79. The fourth-order valence-corrected chi connectivity index (χ4v) is 4.07. The second-order valence-corrected chi connectivity index (χ2v) is 9.34. The lowest BCUT2D eigenvalue weighted by Crippen LogP contribution is -2.31. The maximum absolute atomic E-state index is 13.0. The predicted octanol–water partition coefficient (Wildman–Crippen LogP) is 5.84. The largest absolute Gasteiger partial charge is 0.417 e. The lowest BCUT2D eigenvalue weighted by atomic mass is 10.2. The van der Waals surface area contributed by atoms with Crippen molar-refractivity contribution < 1.29 is 22.8 Å². The molecule has 0 aliphatic heterocycles. The molecular weight excluding hydrogens is 515 g/mol. The number of benzene rings is 2. The van der Waals surface area contributed by atoms with Gasteiger partial charge < -0.3 is 20.9 Å². The number of alkyl halides is 3. The third-order valence-electron chi connectivity index (χ3n) is 4.69. The SMILES string of the molecule is CN(C)CCNC(=O)c1ccnc(Sc2cccc(NC(=O)Nc3ccc(Cl)c(C(F)(F)F)c3)c2)c1. The quantitative estimate of drug-likeness (QED) is 0.336. The molecule has 0 aliphatic rings. The highest BCUT2D eigenvalue weighted by molar-refractivity contribution is 7.99. The van der Waals surface area contributed by atoms with Gasteiger partial charge in [-0.15, -0.1) is 0 Å². The van der Waals surface area contributed by atoms with Crippen LogP contribution in [0.25, 0.3) is 0 Å². The number of hydrogen-bond donors (Lipinski definition) is 3. The molecule has 7 nitrogen and oxygen atoms in total. The summed E-state index contributed by atoms with van der Waals surface area (Å²) in [5.41, 5.74) is -0.206. The first-order chi connectivity index (χ1) is 17.0. The summed E-state index contributed by atoms with van der Waals surface area (Å²) in [5, 5.41) is 7.92. The van der Waals surface area contributed by atoms with E-state index in [0.717, 1.165) is 17.0 Å². The highest BCUT2D eigenvalue weighted by atomic mass is 35.5. The van der Waals surface area contributed by atoms with Crippen molar-refractivity contribution >= 4 is 46.7 Å². The number of carbonyl (C=O) groups is 2. The zero-order chi connectivity index (χ0) is 26.3. The van der Waals surface area contributed by atoms with Crippen LogP contribution in [0.3, 0.4) is 0 Å². The number of hydrogen-bond acceptors (Lipinski definition) is 5. The molecule has 3 N–H and O–H groups in total. The van der Waals surface area contributed by atoms with Gasteiger partial charge in [0, 0.05) is 41.1 Å². The van der Waals surface area contributed by atoms with Crippen molar-refractivity contribution in [3.8, 4) is 0 Å². The molecule has 0 radical (unpaired) electrons. The standard InChI is InChI=1S/C24H23ClF3N5O2S/c1-33(2)11-10-30-22(34)15-8-9-29-21(12-15)36-18-5-3-4-16(13-18)31-23(35)32-17-6-7-20(25)19(14-17)24(26,27)28/h3-9,12-14H,10-11H2,1-2H3,(H,30,34)(H2,31,32,35).